The molecule has 4 nitrogen and oxygen atoms in total. The summed E-state index contributed by atoms with van der Waals surface area (Å²) in [4.78, 5) is 0. The van der Waals surface area contributed by atoms with Crippen molar-refractivity contribution in [3.05, 3.63) is 23.3 Å². The number of quaternary nitrogens is 2. The van der Waals surface area contributed by atoms with Gasteiger partial charge in [-0.15, -0.1) is 0 Å². The average Bonchev–Trinajstić information content (AvgIpc) is 2.76. The van der Waals surface area contributed by atoms with Crippen LogP contribution in [0.15, 0.2) is 12.1 Å². The molecular weight excluding hydrogens is 360 g/mol. The van der Waals surface area contributed by atoms with Gasteiger partial charge in [-0.05, 0) is 78.1 Å². The highest BCUT2D eigenvalue weighted by molar-refractivity contribution is 5.46. The lowest BCUT2D eigenvalue weighted by atomic mass is 10.1. The van der Waals surface area contributed by atoms with E-state index in [1.807, 2.05) is 0 Å². The molecule has 0 aromatic heterocycles. The van der Waals surface area contributed by atoms with Crippen LogP contribution < -0.4 is 9.47 Å². The second kappa shape index (κ2) is 12.4. The quantitative estimate of drug-likeness (QED) is 0.377. The number of nitrogens with zero attached hydrogens (tertiary/aromatic N) is 2. The number of rotatable bonds is 15. The summed E-state index contributed by atoms with van der Waals surface area (Å²) >= 11 is 0. The van der Waals surface area contributed by atoms with Crippen LogP contribution in [0.1, 0.15) is 59.6 Å². The van der Waals surface area contributed by atoms with E-state index < -0.39 is 0 Å². The van der Waals surface area contributed by atoms with E-state index in [0.29, 0.717) is 0 Å². The van der Waals surface area contributed by atoms with Gasteiger partial charge in [0.05, 0.1) is 39.3 Å². The van der Waals surface area contributed by atoms with Crippen molar-refractivity contribution in [3.8, 4) is 11.5 Å². The number of hydrogen-bond acceptors (Lipinski definition) is 2. The van der Waals surface area contributed by atoms with Crippen molar-refractivity contribution in [2.45, 2.75) is 61.8 Å². The molecule has 0 spiro atoms. The summed E-state index contributed by atoms with van der Waals surface area (Å²) in [6.45, 7) is 28.7. The Bertz CT molecular complexity index is 576. The summed E-state index contributed by atoms with van der Waals surface area (Å²) in [5.74, 6) is 2.04. The molecule has 0 radical (unpaired) electrons. The van der Waals surface area contributed by atoms with Gasteiger partial charge in [-0.3, -0.25) is 0 Å². The molecule has 0 aliphatic rings. The van der Waals surface area contributed by atoms with Gasteiger partial charge >= 0.3 is 0 Å². The van der Waals surface area contributed by atoms with Gasteiger partial charge in [-0.2, -0.15) is 0 Å². The Morgan fingerprint density at radius 1 is 0.621 bits per heavy atom. The summed E-state index contributed by atoms with van der Waals surface area (Å²) in [7, 11) is 0. The lowest BCUT2D eigenvalue weighted by Gasteiger charge is -2.35. The number of benzene rings is 1. The van der Waals surface area contributed by atoms with Gasteiger partial charge in [0.25, 0.3) is 0 Å². The van der Waals surface area contributed by atoms with Crippen LogP contribution >= 0.6 is 0 Å². The molecule has 1 aromatic rings. The van der Waals surface area contributed by atoms with Crippen molar-refractivity contribution in [1.29, 1.82) is 0 Å². The maximum Gasteiger partial charge on any atom is 0.137 e. The fraction of sp³-hybridized carbons (Fsp3) is 0.760. The van der Waals surface area contributed by atoms with Crippen molar-refractivity contribution >= 4 is 0 Å². The summed E-state index contributed by atoms with van der Waals surface area (Å²) in [5, 5.41) is 0. The van der Waals surface area contributed by atoms with E-state index in [4.69, 9.17) is 9.47 Å². The Labute approximate surface area is 181 Å². The first-order chi connectivity index (χ1) is 13.9. The zero-order valence-electron chi connectivity index (χ0n) is 20.6. The Morgan fingerprint density at radius 3 is 1.41 bits per heavy atom. The lowest BCUT2D eigenvalue weighted by Crippen LogP contribution is -2.50. The standard InChI is InChI=1S/C25H48N2O2/c1-9-23-21-24(28-18-16-26(10-2,11-3)12-4)22(8)20-25(23)29-19-17-27(13-5,14-6)15-7/h20-21H,9-19H2,1-8H3/q+2. The molecule has 1 rings (SSSR count). The van der Waals surface area contributed by atoms with Crippen molar-refractivity contribution in [2.24, 2.45) is 0 Å². The van der Waals surface area contributed by atoms with E-state index in [2.05, 4.69) is 67.5 Å². The summed E-state index contributed by atoms with van der Waals surface area (Å²) in [6, 6.07) is 4.37. The molecule has 0 bridgehead atoms. The molecule has 0 aliphatic carbocycles. The van der Waals surface area contributed by atoms with E-state index >= 15 is 0 Å². The van der Waals surface area contributed by atoms with E-state index in [0.717, 1.165) is 92.5 Å². The van der Waals surface area contributed by atoms with E-state index in [-0.39, 0.29) is 0 Å². The number of likely N-dealkylation sites (N-methyl/N-ethyl adjacent to an activating group) is 2. The maximum absolute atomic E-state index is 6.26. The minimum atomic E-state index is 0.767. The highest BCUT2D eigenvalue weighted by atomic mass is 16.5. The molecular formula is C25H48N2O2+2. The lowest BCUT2D eigenvalue weighted by molar-refractivity contribution is -0.923. The minimum Gasteiger partial charge on any atom is -0.487 e. The van der Waals surface area contributed by atoms with Crippen LogP contribution in [0, 0.1) is 6.92 Å². The molecule has 29 heavy (non-hydrogen) atoms. The Kier molecular flexibility index (Phi) is 11.1. The first-order valence-electron chi connectivity index (χ1n) is 12.0. The van der Waals surface area contributed by atoms with Gasteiger partial charge < -0.3 is 18.4 Å². The SMILES string of the molecule is CCc1cc(OCC[N+](CC)(CC)CC)c(C)cc1OCC[N+](CC)(CC)CC. The monoisotopic (exact) mass is 408 g/mol. The van der Waals surface area contributed by atoms with Crippen LogP contribution in [0.5, 0.6) is 11.5 Å². The minimum absolute atomic E-state index is 0.767. The van der Waals surface area contributed by atoms with Crippen molar-refractivity contribution in [3.63, 3.8) is 0 Å². The zero-order valence-corrected chi connectivity index (χ0v) is 20.6. The van der Waals surface area contributed by atoms with E-state index in [9.17, 15) is 0 Å². The fourth-order valence-corrected chi connectivity index (χ4v) is 4.26. The van der Waals surface area contributed by atoms with Gasteiger partial charge in [0.2, 0.25) is 0 Å². The van der Waals surface area contributed by atoms with Crippen LogP contribution in [0.25, 0.3) is 0 Å². The highest BCUT2D eigenvalue weighted by Gasteiger charge is 2.22. The third-order valence-electron chi connectivity index (χ3n) is 7.41. The summed E-state index contributed by atoms with van der Waals surface area (Å²) in [6.07, 6.45) is 0.959. The third-order valence-corrected chi connectivity index (χ3v) is 7.41. The summed E-state index contributed by atoms with van der Waals surface area (Å²) < 4.78 is 14.7. The fourth-order valence-electron chi connectivity index (χ4n) is 4.26. The molecule has 0 heterocycles. The Morgan fingerprint density at radius 2 is 1.03 bits per heavy atom. The largest absolute Gasteiger partial charge is 0.487 e. The predicted octanol–water partition coefficient (Wildman–Crippen LogP) is 5.07. The van der Waals surface area contributed by atoms with Gasteiger partial charge in [0.15, 0.2) is 0 Å². The molecule has 0 amide bonds. The first kappa shape index (κ1) is 25.8. The number of ether oxygens (including phenoxy) is 2. The Hall–Kier alpha value is -1.26. The second-order valence-corrected chi connectivity index (χ2v) is 8.30. The zero-order chi connectivity index (χ0) is 21.9. The van der Waals surface area contributed by atoms with Gasteiger partial charge in [-0.1, -0.05) is 6.92 Å². The van der Waals surface area contributed by atoms with E-state index in [1.54, 1.807) is 0 Å². The van der Waals surface area contributed by atoms with Crippen molar-refractivity contribution in [2.75, 3.05) is 65.6 Å². The molecule has 0 saturated carbocycles. The molecule has 0 aliphatic heterocycles. The van der Waals surface area contributed by atoms with Crippen LogP contribution in [-0.4, -0.2) is 74.5 Å². The molecule has 1 aromatic carbocycles. The topological polar surface area (TPSA) is 18.5 Å². The number of hydrogen-bond donors (Lipinski definition) is 0. The molecule has 0 N–H and O–H groups in total. The van der Waals surface area contributed by atoms with Crippen molar-refractivity contribution in [1.82, 2.24) is 0 Å². The second-order valence-electron chi connectivity index (χ2n) is 8.30. The Balaban J connectivity index is 2.79. The normalized spacial score (nSPS) is 12.3. The van der Waals surface area contributed by atoms with Crippen LogP contribution in [0.2, 0.25) is 0 Å². The van der Waals surface area contributed by atoms with E-state index in [1.165, 1.54) is 11.1 Å². The molecule has 4 heteroatoms. The van der Waals surface area contributed by atoms with Crippen LogP contribution in [-0.2, 0) is 6.42 Å². The van der Waals surface area contributed by atoms with Crippen LogP contribution in [0.4, 0.5) is 0 Å². The molecule has 0 atom stereocenters. The molecule has 0 unspecified atom stereocenters. The average molecular weight is 409 g/mol. The van der Waals surface area contributed by atoms with Crippen LogP contribution in [0.3, 0.4) is 0 Å². The third kappa shape index (κ3) is 6.89. The molecule has 0 saturated heterocycles. The van der Waals surface area contributed by atoms with Crippen molar-refractivity contribution < 1.29 is 18.4 Å². The predicted molar refractivity (Wildman–Crippen MR) is 125 cm³/mol. The maximum atomic E-state index is 6.26. The molecule has 0 fully saturated rings. The molecule has 168 valence electrons. The highest BCUT2D eigenvalue weighted by Crippen LogP contribution is 2.29. The van der Waals surface area contributed by atoms with Gasteiger partial charge in [0, 0.05) is 0 Å². The first-order valence-corrected chi connectivity index (χ1v) is 12.0. The number of aryl methyl sites for hydroxylation is 2. The van der Waals surface area contributed by atoms with Gasteiger partial charge in [0.1, 0.15) is 37.8 Å². The van der Waals surface area contributed by atoms with Gasteiger partial charge in [-0.25, -0.2) is 0 Å². The summed E-state index contributed by atoms with van der Waals surface area (Å²) in [5.41, 5.74) is 2.41. The smallest absolute Gasteiger partial charge is 0.137 e.